The van der Waals surface area contributed by atoms with Gasteiger partial charge in [0.2, 0.25) is 29.5 Å². The number of carboxylic acid groups (broad SMARTS) is 1. The summed E-state index contributed by atoms with van der Waals surface area (Å²) in [6, 6.07) is 37.8. The first kappa shape index (κ1) is 49.0. The van der Waals surface area contributed by atoms with Crippen LogP contribution < -0.4 is 31.9 Å². The van der Waals surface area contributed by atoms with Gasteiger partial charge < -0.3 is 42.1 Å². The Morgan fingerprint density at radius 2 is 1.10 bits per heavy atom. The van der Waals surface area contributed by atoms with E-state index in [9.17, 15) is 43.8 Å². The van der Waals surface area contributed by atoms with Gasteiger partial charge in [-0.2, -0.15) is 0 Å². The van der Waals surface area contributed by atoms with Crippen LogP contribution in [0.15, 0.2) is 157 Å². The molecule has 0 unspecified atom stereocenters. The lowest BCUT2D eigenvalue weighted by Gasteiger charge is -2.27. The number of fused-ring (bicyclic) bond motifs is 18. The monoisotopic (exact) mass is 948 g/mol. The van der Waals surface area contributed by atoms with Crippen molar-refractivity contribution < 1.29 is 43.8 Å². The first-order valence-corrected chi connectivity index (χ1v) is 23.3. The molecule has 6 aromatic rings. The van der Waals surface area contributed by atoms with E-state index < -0.39 is 84.1 Å². The Bertz CT molecular complexity index is 2710. The number of carboxylic acids is 1. The topological polar surface area (TPSA) is 232 Å². The van der Waals surface area contributed by atoms with Crippen LogP contribution in [0.3, 0.4) is 0 Å². The summed E-state index contributed by atoms with van der Waals surface area (Å²) in [5.41, 5.74) is 4.60. The number of rotatable bonds is 12. The van der Waals surface area contributed by atoms with Gasteiger partial charge in [-0.25, -0.2) is 4.79 Å². The van der Waals surface area contributed by atoms with Crippen LogP contribution in [0.1, 0.15) is 33.6 Å². The first-order chi connectivity index (χ1) is 33.4. The van der Waals surface area contributed by atoms with Crippen molar-refractivity contribution in [1.82, 2.24) is 26.6 Å². The van der Waals surface area contributed by atoms with E-state index in [1.54, 1.807) is 90.3 Å². The highest BCUT2D eigenvalue weighted by atomic mass is 32.1. The zero-order chi connectivity index (χ0) is 48.7. The van der Waals surface area contributed by atoms with E-state index in [0.717, 1.165) is 16.0 Å². The van der Waals surface area contributed by atoms with Gasteiger partial charge in [-0.15, -0.1) is 11.3 Å². The van der Waals surface area contributed by atoms with Crippen LogP contribution in [0.25, 0.3) is 11.1 Å². The molecule has 69 heavy (non-hydrogen) atoms. The van der Waals surface area contributed by atoms with Crippen molar-refractivity contribution in [2.45, 2.75) is 74.8 Å². The minimum atomic E-state index is -1.82. The van der Waals surface area contributed by atoms with Gasteiger partial charge in [0.15, 0.2) is 0 Å². The second-order valence-electron chi connectivity index (χ2n) is 16.7. The summed E-state index contributed by atoms with van der Waals surface area (Å²) in [6.45, 7) is 0. The molecular formula is C53H52N6O9S. The van der Waals surface area contributed by atoms with Crippen molar-refractivity contribution in [3.63, 3.8) is 0 Å². The quantitative estimate of drug-likeness (QED) is 0.0824. The van der Waals surface area contributed by atoms with E-state index in [4.69, 9.17) is 0 Å². The molecule has 6 atom stereocenters. The highest BCUT2D eigenvalue weighted by Crippen LogP contribution is 2.21. The van der Waals surface area contributed by atoms with Crippen LogP contribution in [0, 0.1) is 0 Å². The maximum Gasteiger partial charge on any atom is 0.326 e. The molecule has 2 aliphatic rings. The van der Waals surface area contributed by atoms with E-state index in [1.165, 1.54) is 23.5 Å². The van der Waals surface area contributed by atoms with Gasteiger partial charge in [0.25, 0.3) is 5.91 Å². The molecular weight excluding hydrogens is 897 g/mol. The largest absolute Gasteiger partial charge is 0.480 e. The maximum absolute atomic E-state index is 14.8. The zero-order valence-electron chi connectivity index (χ0n) is 37.4. The Kier molecular flexibility index (Phi) is 16.8. The van der Waals surface area contributed by atoms with Crippen LogP contribution in [-0.2, 0) is 65.7 Å². The third kappa shape index (κ3) is 14.3. The molecule has 0 saturated carbocycles. The molecule has 8 N–H and O–H groups in total. The van der Waals surface area contributed by atoms with Crippen LogP contribution >= 0.6 is 11.3 Å². The Morgan fingerprint density at radius 1 is 0.565 bits per heavy atom. The summed E-state index contributed by atoms with van der Waals surface area (Å²) in [5.74, 6) is -6.08. The number of benzene rings is 5. The van der Waals surface area contributed by atoms with Crippen molar-refractivity contribution >= 4 is 58.4 Å². The SMILES string of the molecule is O=C1C[C@@H](O)C(=O)Nc2ccc(cc2)C[C@@H](C(=O)N[C@H](Cc2ccccc2)C(=O)O)NC(=O)[C@@H](Cc2ccccc2)NC(=O)[C@H](Cc2ccc(-c3ccccc3)cc2)NC(=O)[C@@H](Cc2cccs2)N1. The Labute approximate surface area is 402 Å². The number of hydrogen-bond acceptors (Lipinski definition) is 9. The lowest BCUT2D eigenvalue weighted by atomic mass is 9.98. The van der Waals surface area contributed by atoms with E-state index in [0.29, 0.717) is 22.3 Å². The smallest absolute Gasteiger partial charge is 0.326 e. The van der Waals surface area contributed by atoms with Crippen LogP contribution in [0.2, 0.25) is 0 Å². The second-order valence-corrected chi connectivity index (χ2v) is 17.8. The normalized spacial score (nSPS) is 19.9. The molecule has 0 fully saturated rings. The number of amides is 6. The molecule has 8 rings (SSSR count). The van der Waals surface area contributed by atoms with Gasteiger partial charge in [-0.3, -0.25) is 28.8 Å². The predicted octanol–water partition coefficient (Wildman–Crippen LogP) is 4.14. The molecule has 2 aliphatic heterocycles. The van der Waals surface area contributed by atoms with Gasteiger partial charge in [0, 0.05) is 42.7 Å². The van der Waals surface area contributed by atoms with Gasteiger partial charge in [-0.05, 0) is 57.0 Å². The highest BCUT2D eigenvalue weighted by molar-refractivity contribution is 7.09. The zero-order valence-corrected chi connectivity index (χ0v) is 38.2. The molecule has 1 aromatic heterocycles. The van der Waals surface area contributed by atoms with Crippen LogP contribution in [-0.4, -0.2) is 87.9 Å². The molecule has 5 aromatic carbocycles. The van der Waals surface area contributed by atoms with E-state index in [-0.39, 0.29) is 37.8 Å². The maximum atomic E-state index is 14.8. The lowest BCUT2D eigenvalue weighted by Crippen LogP contribution is -2.60. The minimum Gasteiger partial charge on any atom is -0.480 e. The fraction of sp³-hybridized carbons (Fsp3) is 0.226. The number of nitrogens with one attached hydrogen (secondary N) is 6. The van der Waals surface area contributed by atoms with Crippen molar-refractivity contribution in [3.05, 3.63) is 184 Å². The first-order valence-electron chi connectivity index (χ1n) is 22.4. The predicted molar refractivity (Wildman–Crippen MR) is 261 cm³/mol. The Hall–Kier alpha value is -7.95. The number of anilines is 1. The summed E-state index contributed by atoms with van der Waals surface area (Å²) in [5, 5.41) is 39.1. The summed E-state index contributed by atoms with van der Waals surface area (Å²) in [7, 11) is 0. The van der Waals surface area contributed by atoms with E-state index >= 15 is 0 Å². The molecule has 354 valence electrons. The number of aliphatic hydroxyl groups excluding tert-OH is 1. The average Bonchev–Trinajstić information content (AvgIpc) is 3.87. The van der Waals surface area contributed by atoms with E-state index in [1.807, 2.05) is 54.6 Å². The molecule has 0 saturated heterocycles. The van der Waals surface area contributed by atoms with Gasteiger partial charge in [0.1, 0.15) is 36.3 Å². The minimum absolute atomic E-state index is 0.0145. The average molecular weight is 949 g/mol. The van der Waals surface area contributed by atoms with E-state index in [2.05, 4.69) is 31.9 Å². The number of carbonyl (C=O) groups excluding carboxylic acids is 6. The molecule has 16 heteroatoms. The lowest BCUT2D eigenvalue weighted by molar-refractivity contribution is -0.142. The fourth-order valence-electron chi connectivity index (χ4n) is 7.86. The van der Waals surface area contributed by atoms with Gasteiger partial charge in [0.05, 0.1) is 6.42 Å². The third-order valence-electron chi connectivity index (χ3n) is 11.6. The van der Waals surface area contributed by atoms with Gasteiger partial charge in [-0.1, -0.05) is 133 Å². The molecule has 3 heterocycles. The number of thiophene rings is 1. The molecule has 0 radical (unpaired) electrons. The molecule has 6 amide bonds. The number of aliphatic carboxylic acids is 1. The summed E-state index contributed by atoms with van der Waals surface area (Å²) in [4.78, 5) is 97.9. The molecule has 2 bridgehead atoms. The van der Waals surface area contributed by atoms with Crippen molar-refractivity contribution in [3.8, 4) is 11.1 Å². The Balaban J connectivity index is 1.24. The fourth-order valence-corrected chi connectivity index (χ4v) is 8.61. The summed E-state index contributed by atoms with van der Waals surface area (Å²) in [6.07, 6.45) is -2.79. The molecule has 15 nitrogen and oxygen atoms in total. The van der Waals surface area contributed by atoms with Crippen molar-refractivity contribution in [1.29, 1.82) is 0 Å². The summed E-state index contributed by atoms with van der Waals surface area (Å²) < 4.78 is 0. The van der Waals surface area contributed by atoms with Crippen molar-refractivity contribution in [2.24, 2.45) is 0 Å². The number of aliphatic hydroxyl groups is 1. The molecule has 0 aliphatic carbocycles. The number of hydrogen-bond donors (Lipinski definition) is 8. The number of carbonyl (C=O) groups is 7. The highest BCUT2D eigenvalue weighted by Gasteiger charge is 2.34. The molecule has 0 spiro atoms. The van der Waals surface area contributed by atoms with Crippen molar-refractivity contribution in [2.75, 3.05) is 5.32 Å². The van der Waals surface area contributed by atoms with Crippen LogP contribution in [0.5, 0.6) is 0 Å². The second kappa shape index (κ2) is 23.7. The third-order valence-corrected chi connectivity index (χ3v) is 12.5. The van der Waals surface area contributed by atoms with Gasteiger partial charge >= 0.3 is 5.97 Å². The summed E-state index contributed by atoms with van der Waals surface area (Å²) >= 11 is 1.35. The Morgan fingerprint density at radius 3 is 1.68 bits per heavy atom. The van der Waals surface area contributed by atoms with Crippen LogP contribution in [0.4, 0.5) is 5.69 Å². The standard InChI is InChI=1S/C53H52N6O9S/c60-46-32-47(61)55-44(31-40-17-10-26-69-40)51(65)58-42(28-35-18-22-38(23-19-35)37-15-8-3-9-16-37)49(63)56-41(27-33-11-4-1-5-12-33)48(62)57-43(29-36-20-24-39(25-21-36)54-52(46)66)50(64)59-45(53(67)68)30-34-13-6-2-7-14-34/h1-26,41-46,60H,27-32H2,(H,54,66)(H,55,61)(H,56,63)(H,57,62)(H,58,65)(H,59,64)(H,67,68)/t41-,42+,43+,44-,45-,46-/m1/s1.